The van der Waals surface area contributed by atoms with Crippen molar-refractivity contribution in [2.75, 3.05) is 13.2 Å². The Hall–Kier alpha value is -0.870. The van der Waals surface area contributed by atoms with Crippen LogP contribution in [0.1, 0.15) is 6.04 Å². The molecule has 1 aromatic heterocycles. The summed E-state index contributed by atoms with van der Waals surface area (Å²) in [5.41, 5.74) is 1.03. The van der Waals surface area contributed by atoms with Crippen LogP contribution >= 0.6 is 15.9 Å². The van der Waals surface area contributed by atoms with Crippen LogP contribution in [0.15, 0.2) is 28.9 Å². The van der Waals surface area contributed by atoms with Crippen molar-refractivity contribution in [2.24, 2.45) is 0 Å². The average Bonchev–Trinajstić information content (AvgIpc) is 2.46. The first-order valence-corrected chi connectivity index (χ1v) is 5.35. The van der Waals surface area contributed by atoms with Crippen LogP contribution in [0.5, 0.6) is 0 Å². The van der Waals surface area contributed by atoms with E-state index in [1.807, 2.05) is 22.9 Å². The molecule has 14 heavy (non-hydrogen) atoms. The monoisotopic (exact) mass is 252 g/mol. The Labute approximate surface area is 89.8 Å². The Bertz CT molecular complexity index is 476. The first kappa shape index (κ1) is 8.44. The standard InChI is InChI=1S/C10H9BrN2O/c11-9-2-1-3-10-8(9)4-13(12-10)7-5-14-6-7/h1-4,7H,5-6H2. The molecule has 1 aromatic carbocycles. The van der Waals surface area contributed by atoms with Gasteiger partial charge in [-0.05, 0) is 12.1 Å². The largest absolute Gasteiger partial charge is 0.377 e. The molecule has 2 heterocycles. The first-order valence-electron chi connectivity index (χ1n) is 4.56. The molecule has 0 saturated carbocycles. The molecule has 0 spiro atoms. The topological polar surface area (TPSA) is 27.1 Å². The molecule has 0 unspecified atom stereocenters. The summed E-state index contributed by atoms with van der Waals surface area (Å²) in [5, 5.41) is 5.67. The number of nitrogens with zero attached hydrogens (tertiary/aromatic N) is 2. The normalized spacial score (nSPS) is 17.2. The summed E-state index contributed by atoms with van der Waals surface area (Å²) < 4.78 is 8.24. The van der Waals surface area contributed by atoms with Gasteiger partial charge in [0.15, 0.2) is 0 Å². The van der Waals surface area contributed by atoms with E-state index in [1.165, 1.54) is 5.39 Å². The molecular formula is C10H9BrN2O. The van der Waals surface area contributed by atoms with E-state index >= 15 is 0 Å². The van der Waals surface area contributed by atoms with Crippen LogP contribution < -0.4 is 0 Å². The van der Waals surface area contributed by atoms with E-state index in [0.29, 0.717) is 6.04 Å². The van der Waals surface area contributed by atoms with Gasteiger partial charge in [0.2, 0.25) is 0 Å². The van der Waals surface area contributed by atoms with Crippen molar-refractivity contribution >= 4 is 26.8 Å². The molecule has 72 valence electrons. The zero-order valence-electron chi connectivity index (χ0n) is 7.48. The van der Waals surface area contributed by atoms with Gasteiger partial charge in [-0.25, -0.2) is 0 Å². The highest BCUT2D eigenvalue weighted by Crippen LogP contribution is 2.25. The third-order valence-corrected chi connectivity index (χ3v) is 3.20. The van der Waals surface area contributed by atoms with Crippen LogP contribution in [0.2, 0.25) is 0 Å². The van der Waals surface area contributed by atoms with Crippen LogP contribution in [0.25, 0.3) is 10.9 Å². The highest BCUT2D eigenvalue weighted by atomic mass is 79.9. The third kappa shape index (κ3) is 1.18. The maximum atomic E-state index is 5.14. The number of aromatic nitrogens is 2. The molecule has 2 aromatic rings. The maximum Gasteiger partial charge on any atom is 0.0985 e. The quantitative estimate of drug-likeness (QED) is 0.780. The van der Waals surface area contributed by atoms with Crippen LogP contribution in [-0.4, -0.2) is 23.0 Å². The van der Waals surface area contributed by atoms with Crippen molar-refractivity contribution in [3.63, 3.8) is 0 Å². The van der Waals surface area contributed by atoms with E-state index in [-0.39, 0.29) is 0 Å². The highest BCUT2D eigenvalue weighted by molar-refractivity contribution is 9.10. The Morgan fingerprint density at radius 1 is 1.43 bits per heavy atom. The second-order valence-electron chi connectivity index (χ2n) is 3.47. The fraction of sp³-hybridized carbons (Fsp3) is 0.300. The number of benzene rings is 1. The number of hydrogen-bond acceptors (Lipinski definition) is 2. The second kappa shape index (κ2) is 3.07. The zero-order chi connectivity index (χ0) is 9.54. The van der Waals surface area contributed by atoms with Gasteiger partial charge in [0.25, 0.3) is 0 Å². The molecule has 0 aliphatic carbocycles. The smallest absolute Gasteiger partial charge is 0.0985 e. The van der Waals surface area contributed by atoms with Crippen LogP contribution in [0.4, 0.5) is 0 Å². The maximum absolute atomic E-state index is 5.14. The van der Waals surface area contributed by atoms with Crippen molar-refractivity contribution in [1.82, 2.24) is 9.78 Å². The predicted octanol–water partition coefficient (Wildman–Crippen LogP) is 2.37. The summed E-state index contributed by atoms with van der Waals surface area (Å²) in [4.78, 5) is 0. The first-order chi connectivity index (χ1) is 6.84. The summed E-state index contributed by atoms with van der Waals surface area (Å²) in [6.45, 7) is 1.57. The van der Waals surface area contributed by atoms with Crippen molar-refractivity contribution in [3.05, 3.63) is 28.9 Å². The van der Waals surface area contributed by atoms with Gasteiger partial charge in [0.1, 0.15) is 0 Å². The molecule has 1 aliphatic rings. The predicted molar refractivity (Wildman–Crippen MR) is 57.3 cm³/mol. The molecule has 1 fully saturated rings. The van der Waals surface area contributed by atoms with Crippen molar-refractivity contribution in [2.45, 2.75) is 6.04 Å². The van der Waals surface area contributed by atoms with E-state index in [0.717, 1.165) is 23.2 Å². The fourth-order valence-electron chi connectivity index (χ4n) is 1.59. The Morgan fingerprint density at radius 3 is 2.93 bits per heavy atom. The highest BCUT2D eigenvalue weighted by Gasteiger charge is 2.21. The van der Waals surface area contributed by atoms with Crippen molar-refractivity contribution < 1.29 is 4.74 Å². The summed E-state index contributed by atoms with van der Waals surface area (Å²) in [5.74, 6) is 0. The molecule has 0 atom stereocenters. The second-order valence-corrected chi connectivity index (χ2v) is 4.33. The number of halogens is 1. The molecular weight excluding hydrogens is 244 g/mol. The molecule has 3 nitrogen and oxygen atoms in total. The van der Waals surface area contributed by atoms with Gasteiger partial charge in [-0.15, -0.1) is 0 Å². The summed E-state index contributed by atoms with van der Waals surface area (Å²) in [6, 6.07) is 6.48. The van der Waals surface area contributed by atoms with Crippen LogP contribution in [0.3, 0.4) is 0 Å². The van der Waals surface area contributed by atoms with E-state index in [2.05, 4.69) is 27.2 Å². The minimum Gasteiger partial charge on any atom is -0.377 e. The lowest BCUT2D eigenvalue weighted by atomic mass is 10.2. The van der Waals surface area contributed by atoms with E-state index in [9.17, 15) is 0 Å². The molecule has 0 bridgehead atoms. The van der Waals surface area contributed by atoms with Gasteiger partial charge in [-0.1, -0.05) is 22.0 Å². The van der Waals surface area contributed by atoms with Gasteiger partial charge < -0.3 is 4.74 Å². The molecule has 0 amide bonds. The summed E-state index contributed by atoms with van der Waals surface area (Å²) >= 11 is 3.51. The number of fused-ring (bicyclic) bond motifs is 1. The number of ether oxygens (including phenoxy) is 1. The molecule has 4 heteroatoms. The van der Waals surface area contributed by atoms with E-state index in [4.69, 9.17) is 4.74 Å². The van der Waals surface area contributed by atoms with Crippen molar-refractivity contribution in [1.29, 1.82) is 0 Å². The van der Waals surface area contributed by atoms with E-state index < -0.39 is 0 Å². The van der Waals surface area contributed by atoms with Gasteiger partial charge >= 0.3 is 0 Å². The lowest BCUT2D eigenvalue weighted by Gasteiger charge is -2.25. The van der Waals surface area contributed by atoms with Gasteiger partial charge in [-0.2, -0.15) is 5.10 Å². The van der Waals surface area contributed by atoms with E-state index in [1.54, 1.807) is 0 Å². The fourth-order valence-corrected chi connectivity index (χ4v) is 2.05. The van der Waals surface area contributed by atoms with Gasteiger partial charge in [0.05, 0.1) is 24.8 Å². The Kier molecular flexibility index (Phi) is 1.85. The van der Waals surface area contributed by atoms with Crippen LogP contribution in [0, 0.1) is 0 Å². The SMILES string of the molecule is Brc1cccc2nn(C3COC3)cc12. The number of hydrogen-bond donors (Lipinski definition) is 0. The molecule has 3 rings (SSSR count). The Morgan fingerprint density at radius 2 is 2.29 bits per heavy atom. The molecule has 0 radical (unpaired) electrons. The van der Waals surface area contributed by atoms with Gasteiger partial charge in [0, 0.05) is 16.1 Å². The summed E-state index contributed by atoms with van der Waals surface area (Å²) in [6.07, 6.45) is 2.08. The minimum atomic E-state index is 0.425. The van der Waals surface area contributed by atoms with Crippen molar-refractivity contribution in [3.8, 4) is 0 Å². The van der Waals surface area contributed by atoms with Crippen LogP contribution in [-0.2, 0) is 4.74 Å². The lowest BCUT2D eigenvalue weighted by Crippen LogP contribution is -2.30. The molecule has 1 aliphatic heterocycles. The molecule has 0 N–H and O–H groups in total. The summed E-state index contributed by atoms with van der Waals surface area (Å²) in [7, 11) is 0. The average molecular weight is 253 g/mol. The zero-order valence-corrected chi connectivity index (χ0v) is 9.07. The number of rotatable bonds is 1. The minimum absolute atomic E-state index is 0.425. The lowest BCUT2D eigenvalue weighted by molar-refractivity contribution is -0.0283. The third-order valence-electron chi connectivity index (χ3n) is 2.51. The molecule has 1 saturated heterocycles. The van der Waals surface area contributed by atoms with Gasteiger partial charge in [-0.3, -0.25) is 4.68 Å². The Balaban J connectivity index is 2.15.